The summed E-state index contributed by atoms with van der Waals surface area (Å²) in [5.41, 5.74) is 2.15. The van der Waals surface area contributed by atoms with Gasteiger partial charge in [0, 0.05) is 28.4 Å². The van der Waals surface area contributed by atoms with Crippen LogP contribution in [0.15, 0.2) is 145 Å². The number of benzene rings is 5. The molecule has 4 aliphatic rings. The minimum absolute atomic E-state index is 0.0450. The van der Waals surface area contributed by atoms with Gasteiger partial charge in [0.05, 0.1) is 22.9 Å². The first kappa shape index (κ1) is 30.2. The first-order valence-corrected chi connectivity index (χ1v) is 17.2. The molecule has 9 rings (SSSR count). The molecule has 6 nitrogen and oxygen atoms in total. The van der Waals surface area contributed by atoms with E-state index in [4.69, 9.17) is 0 Å². The van der Waals surface area contributed by atoms with Crippen molar-refractivity contribution in [2.75, 3.05) is 4.90 Å². The number of phenolic OH excluding ortho intramolecular Hbond substituents is 1. The Balaban J connectivity index is 1.31. The molecule has 1 saturated heterocycles. The summed E-state index contributed by atoms with van der Waals surface area (Å²) in [6.45, 7) is 0. The van der Waals surface area contributed by atoms with Crippen LogP contribution in [0.25, 0.3) is 16.3 Å². The van der Waals surface area contributed by atoms with E-state index in [0.717, 1.165) is 11.0 Å². The van der Waals surface area contributed by atoms with Gasteiger partial charge in [-0.15, -0.1) is 0 Å². The lowest BCUT2D eigenvalue weighted by molar-refractivity contribution is -0.135. The van der Waals surface area contributed by atoms with Gasteiger partial charge in [-0.1, -0.05) is 127 Å². The number of rotatable bonds is 4. The molecule has 1 saturated carbocycles. The number of amides is 2. The van der Waals surface area contributed by atoms with Crippen molar-refractivity contribution in [3.63, 3.8) is 0 Å². The highest BCUT2D eigenvalue weighted by Crippen LogP contribution is 2.64. The van der Waals surface area contributed by atoms with Crippen LogP contribution in [0, 0.1) is 23.7 Å². The van der Waals surface area contributed by atoms with Crippen LogP contribution in [0.1, 0.15) is 35.4 Å². The van der Waals surface area contributed by atoms with Crippen molar-refractivity contribution in [1.29, 1.82) is 0 Å². The number of phenols is 1. The average molecular weight is 656 g/mol. The van der Waals surface area contributed by atoms with E-state index in [-0.39, 0.29) is 35.6 Å². The summed E-state index contributed by atoms with van der Waals surface area (Å²) in [5.74, 6) is -4.35. The van der Waals surface area contributed by atoms with Crippen LogP contribution < -0.4 is 4.90 Å². The van der Waals surface area contributed by atoms with Gasteiger partial charge in [0.15, 0.2) is 11.6 Å². The Kier molecular flexibility index (Phi) is 6.85. The number of carbonyl (C=O) groups is 4. The number of hydrogen-bond acceptors (Lipinski definition) is 5. The van der Waals surface area contributed by atoms with E-state index in [0.29, 0.717) is 39.8 Å². The normalized spacial score (nSPS) is 27.4. The first-order valence-electron chi connectivity index (χ1n) is 17.2. The fraction of sp³-hybridized carbons (Fsp3) is 0.182. The molecule has 2 amide bonds. The molecule has 0 aromatic heterocycles. The fourth-order valence-corrected chi connectivity index (χ4v) is 9.56. The maximum atomic E-state index is 15.2. The largest absolute Gasteiger partial charge is 0.507 e. The monoisotopic (exact) mass is 655 g/mol. The molecule has 1 aliphatic heterocycles. The van der Waals surface area contributed by atoms with Crippen LogP contribution in [0.3, 0.4) is 0 Å². The highest BCUT2D eigenvalue weighted by atomic mass is 16.3. The minimum atomic E-state index is -1.41. The zero-order chi connectivity index (χ0) is 34.1. The Morgan fingerprint density at radius 1 is 0.680 bits per heavy atom. The SMILES string of the molecule is O=C1C(c2ccccc2)=CC(=O)C2(c3ccccc3)C1CC1C(=CCC3C(=O)N(c4ccccc4)C(=O)C31)C2c1ccc2ccccc2c1O. The summed E-state index contributed by atoms with van der Waals surface area (Å²) < 4.78 is 0. The Bertz CT molecular complexity index is 2290. The Morgan fingerprint density at radius 3 is 2.08 bits per heavy atom. The number of carbonyl (C=O) groups excluding carboxylic acids is 4. The summed E-state index contributed by atoms with van der Waals surface area (Å²) in [7, 11) is 0. The van der Waals surface area contributed by atoms with E-state index in [2.05, 4.69) is 0 Å². The molecule has 3 aliphatic carbocycles. The molecule has 50 heavy (non-hydrogen) atoms. The van der Waals surface area contributed by atoms with Crippen LogP contribution in [0.4, 0.5) is 5.69 Å². The predicted molar refractivity (Wildman–Crippen MR) is 191 cm³/mol. The number of para-hydroxylation sites is 1. The molecular weight excluding hydrogens is 622 g/mol. The lowest BCUT2D eigenvalue weighted by Gasteiger charge is -2.55. The third kappa shape index (κ3) is 4.14. The van der Waals surface area contributed by atoms with Crippen molar-refractivity contribution >= 4 is 45.4 Å². The zero-order valence-corrected chi connectivity index (χ0v) is 27.1. The van der Waals surface area contributed by atoms with Crippen molar-refractivity contribution in [3.05, 3.63) is 162 Å². The molecule has 244 valence electrons. The van der Waals surface area contributed by atoms with Crippen molar-refractivity contribution in [3.8, 4) is 5.75 Å². The molecule has 0 bridgehead atoms. The fourth-order valence-electron chi connectivity index (χ4n) is 9.56. The third-order valence-corrected chi connectivity index (χ3v) is 11.6. The van der Waals surface area contributed by atoms with Crippen LogP contribution in [0.5, 0.6) is 5.75 Å². The molecular formula is C44H33NO5. The number of fused-ring (bicyclic) bond motifs is 5. The van der Waals surface area contributed by atoms with Gasteiger partial charge in [-0.05, 0) is 53.5 Å². The van der Waals surface area contributed by atoms with Gasteiger partial charge in [0.2, 0.25) is 11.8 Å². The maximum absolute atomic E-state index is 15.2. The van der Waals surface area contributed by atoms with E-state index in [1.54, 1.807) is 24.3 Å². The summed E-state index contributed by atoms with van der Waals surface area (Å²) in [5, 5.41) is 13.6. The van der Waals surface area contributed by atoms with E-state index in [1.165, 1.54) is 11.0 Å². The molecule has 6 heteroatoms. The van der Waals surface area contributed by atoms with Gasteiger partial charge in [-0.2, -0.15) is 0 Å². The summed E-state index contributed by atoms with van der Waals surface area (Å²) in [4.78, 5) is 60.1. The van der Waals surface area contributed by atoms with Crippen LogP contribution >= 0.6 is 0 Å². The van der Waals surface area contributed by atoms with Gasteiger partial charge in [0.1, 0.15) is 5.75 Å². The number of aromatic hydroxyl groups is 1. The third-order valence-electron chi connectivity index (χ3n) is 11.6. The van der Waals surface area contributed by atoms with E-state index in [9.17, 15) is 14.7 Å². The average Bonchev–Trinajstić information content (AvgIpc) is 3.42. The number of imide groups is 1. The van der Waals surface area contributed by atoms with Gasteiger partial charge < -0.3 is 5.11 Å². The topological polar surface area (TPSA) is 91.8 Å². The number of Topliss-reactive ketones (excluding diaryl/α,β-unsaturated/α-hetero) is 1. The Labute approximate surface area is 289 Å². The zero-order valence-electron chi connectivity index (χ0n) is 27.1. The quantitative estimate of drug-likeness (QED) is 0.159. The molecule has 5 aromatic carbocycles. The molecule has 5 aromatic rings. The van der Waals surface area contributed by atoms with Gasteiger partial charge >= 0.3 is 0 Å². The summed E-state index contributed by atoms with van der Waals surface area (Å²) in [6, 6.07) is 39.0. The molecule has 6 unspecified atom stereocenters. The van der Waals surface area contributed by atoms with Crippen LogP contribution in [0.2, 0.25) is 0 Å². The second kappa shape index (κ2) is 11.3. The molecule has 2 fully saturated rings. The van der Waals surface area contributed by atoms with E-state index in [1.807, 2.05) is 109 Å². The van der Waals surface area contributed by atoms with Crippen molar-refractivity contribution < 1.29 is 24.3 Å². The predicted octanol–water partition coefficient (Wildman–Crippen LogP) is 7.57. The second-order valence-corrected chi connectivity index (χ2v) is 13.9. The number of nitrogens with zero attached hydrogens (tertiary/aromatic N) is 1. The van der Waals surface area contributed by atoms with Gasteiger partial charge in [0.25, 0.3) is 0 Å². The standard InChI is InChI=1S/C44H33NO5/c46-37-25-34(26-12-4-1-5-13-26)41(48)36-24-35-31(22-23-32-38(35)43(50)45(42(32)49)29-17-8-3-9-18-29)39(44(36,37)28-15-6-2-7-16-28)33-21-20-27-14-10-11-19-30(27)40(33)47/h1-22,25,32,35-36,38-39,47H,23-24H2. The lowest BCUT2D eigenvalue weighted by Crippen LogP contribution is -2.58. The van der Waals surface area contributed by atoms with Gasteiger partial charge in [-0.3, -0.25) is 24.1 Å². The van der Waals surface area contributed by atoms with Crippen molar-refractivity contribution in [2.24, 2.45) is 23.7 Å². The second-order valence-electron chi connectivity index (χ2n) is 13.9. The highest BCUT2D eigenvalue weighted by Gasteiger charge is 2.66. The van der Waals surface area contributed by atoms with E-state index >= 15 is 9.59 Å². The maximum Gasteiger partial charge on any atom is 0.238 e. The number of ketones is 2. The molecule has 0 radical (unpaired) electrons. The summed E-state index contributed by atoms with van der Waals surface area (Å²) >= 11 is 0. The minimum Gasteiger partial charge on any atom is -0.507 e. The van der Waals surface area contributed by atoms with Crippen molar-refractivity contribution in [2.45, 2.75) is 24.2 Å². The molecule has 1 heterocycles. The Hall–Kier alpha value is -5.88. The Morgan fingerprint density at radius 2 is 1.34 bits per heavy atom. The molecule has 0 spiro atoms. The first-order chi connectivity index (χ1) is 24.4. The summed E-state index contributed by atoms with van der Waals surface area (Å²) in [6.07, 6.45) is 4.06. The van der Waals surface area contributed by atoms with Crippen LogP contribution in [-0.2, 0) is 24.6 Å². The number of anilines is 1. The lowest BCUT2D eigenvalue weighted by atomic mass is 9.44. The number of hydrogen-bond donors (Lipinski definition) is 1. The number of allylic oxidation sites excluding steroid dienone is 4. The van der Waals surface area contributed by atoms with E-state index < -0.39 is 35.0 Å². The smallest absolute Gasteiger partial charge is 0.238 e. The van der Waals surface area contributed by atoms with Crippen LogP contribution in [-0.4, -0.2) is 28.5 Å². The molecule has 6 atom stereocenters. The molecule has 1 N–H and O–H groups in total. The van der Waals surface area contributed by atoms with Gasteiger partial charge in [-0.25, -0.2) is 0 Å². The highest BCUT2D eigenvalue weighted by molar-refractivity contribution is 6.32. The van der Waals surface area contributed by atoms with Crippen molar-refractivity contribution in [1.82, 2.24) is 0 Å².